The van der Waals surface area contributed by atoms with Crippen molar-refractivity contribution in [2.24, 2.45) is 5.73 Å². The molecule has 2 N–H and O–H groups in total. The second kappa shape index (κ2) is 4.99. The highest BCUT2D eigenvalue weighted by molar-refractivity contribution is 7.15. The Balaban J connectivity index is 1.78. The molecule has 0 spiro atoms. The number of thiophene rings is 1. The maximum atomic E-state index is 5.82. The zero-order valence-electron chi connectivity index (χ0n) is 10.4. The van der Waals surface area contributed by atoms with Crippen molar-refractivity contribution in [3.8, 4) is 0 Å². The number of thiazole rings is 1. The highest BCUT2D eigenvalue weighted by Crippen LogP contribution is 2.44. The molecule has 3 nitrogen and oxygen atoms in total. The summed E-state index contributed by atoms with van der Waals surface area (Å²) >= 11 is 3.54. The molecule has 0 unspecified atom stereocenters. The molecule has 0 bridgehead atoms. The summed E-state index contributed by atoms with van der Waals surface area (Å²) in [6.45, 7) is 1.55. The first-order valence-electron chi connectivity index (χ1n) is 6.21. The van der Waals surface area contributed by atoms with Crippen molar-refractivity contribution in [2.75, 3.05) is 11.9 Å². The molecule has 3 rings (SSSR count). The van der Waals surface area contributed by atoms with Gasteiger partial charge in [0.1, 0.15) is 0 Å². The molecule has 18 heavy (non-hydrogen) atoms. The number of hydrogen-bond acceptors (Lipinski definition) is 5. The molecule has 0 radical (unpaired) electrons. The van der Waals surface area contributed by atoms with Gasteiger partial charge < -0.3 is 10.6 Å². The van der Waals surface area contributed by atoms with Crippen LogP contribution in [0.2, 0.25) is 0 Å². The molecule has 1 aliphatic rings. The standard InChI is InChI=1S/C13H17N3S2/c1-16(8-10-3-2-6-17-10)13-15-12(9-4-5-9)11(7-14)18-13/h2-3,6,9H,4-5,7-8,14H2,1H3. The van der Waals surface area contributed by atoms with Crippen LogP contribution in [0.15, 0.2) is 17.5 Å². The first kappa shape index (κ1) is 12.1. The van der Waals surface area contributed by atoms with Crippen LogP contribution in [0.25, 0.3) is 0 Å². The number of aromatic nitrogens is 1. The third-order valence-electron chi connectivity index (χ3n) is 3.17. The summed E-state index contributed by atoms with van der Waals surface area (Å²) in [6, 6.07) is 4.26. The van der Waals surface area contributed by atoms with Crippen molar-refractivity contribution in [3.63, 3.8) is 0 Å². The van der Waals surface area contributed by atoms with Crippen molar-refractivity contribution in [1.82, 2.24) is 4.98 Å². The molecular weight excluding hydrogens is 262 g/mol. The quantitative estimate of drug-likeness (QED) is 0.914. The van der Waals surface area contributed by atoms with Crippen LogP contribution >= 0.6 is 22.7 Å². The molecule has 2 aromatic rings. The van der Waals surface area contributed by atoms with Gasteiger partial charge in [0.2, 0.25) is 0 Å². The Kier molecular flexibility index (Phi) is 3.37. The smallest absolute Gasteiger partial charge is 0.185 e. The van der Waals surface area contributed by atoms with Crippen LogP contribution in [0.4, 0.5) is 5.13 Å². The SMILES string of the molecule is CN(Cc1cccs1)c1nc(C2CC2)c(CN)s1. The Morgan fingerprint density at radius 1 is 1.50 bits per heavy atom. The van der Waals surface area contributed by atoms with Gasteiger partial charge in [0.05, 0.1) is 12.2 Å². The lowest BCUT2D eigenvalue weighted by molar-refractivity contribution is 0.909. The van der Waals surface area contributed by atoms with Gasteiger partial charge in [0.25, 0.3) is 0 Å². The van der Waals surface area contributed by atoms with Crippen molar-refractivity contribution in [1.29, 1.82) is 0 Å². The van der Waals surface area contributed by atoms with Crippen LogP contribution in [-0.4, -0.2) is 12.0 Å². The van der Waals surface area contributed by atoms with E-state index in [0.29, 0.717) is 12.5 Å². The number of anilines is 1. The van der Waals surface area contributed by atoms with E-state index in [1.54, 1.807) is 22.7 Å². The second-order valence-corrected chi connectivity index (χ2v) is 6.81. The monoisotopic (exact) mass is 279 g/mol. The first-order chi connectivity index (χ1) is 8.78. The van der Waals surface area contributed by atoms with Crippen molar-refractivity contribution < 1.29 is 0 Å². The van der Waals surface area contributed by atoms with Crippen LogP contribution in [0.1, 0.15) is 34.2 Å². The van der Waals surface area contributed by atoms with E-state index in [2.05, 4.69) is 29.5 Å². The minimum absolute atomic E-state index is 0.621. The zero-order valence-corrected chi connectivity index (χ0v) is 12.1. The molecule has 0 amide bonds. The normalized spacial score (nSPS) is 15.0. The van der Waals surface area contributed by atoms with Gasteiger partial charge in [-0.1, -0.05) is 6.07 Å². The Labute approximate surface area is 115 Å². The van der Waals surface area contributed by atoms with Gasteiger partial charge in [-0.2, -0.15) is 0 Å². The summed E-state index contributed by atoms with van der Waals surface area (Å²) in [7, 11) is 2.11. The fourth-order valence-corrected chi connectivity index (χ4v) is 3.78. The lowest BCUT2D eigenvalue weighted by Crippen LogP contribution is -2.15. The summed E-state index contributed by atoms with van der Waals surface area (Å²) in [5, 5.41) is 3.22. The van der Waals surface area contributed by atoms with E-state index in [-0.39, 0.29) is 0 Å². The van der Waals surface area contributed by atoms with Gasteiger partial charge in [-0.15, -0.1) is 22.7 Å². The molecule has 0 aliphatic heterocycles. The molecular formula is C13H17N3S2. The predicted molar refractivity (Wildman–Crippen MR) is 78.4 cm³/mol. The molecule has 2 heterocycles. The zero-order chi connectivity index (χ0) is 12.5. The van der Waals surface area contributed by atoms with Gasteiger partial charge in [-0.3, -0.25) is 0 Å². The van der Waals surface area contributed by atoms with Crippen molar-refractivity contribution in [3.05, 3.63) is 33.0 Å². The topological polar surface area (TPSA) is 42.2 Å². The number of nitrogens with two attached hydrogens (primary N) is 1. The summed E-state index contributed by atoms with van der Waals surface area (Å²) in [5.74, 6) is 0.684. The maximum absolute atomic E-state index is 5.82. The lowest BCUT2D eigenvalue weighted by atomic mass is 10.2. The van der Waals surface area contributed by atoms with Gasteiger partial charge in [0.15, 0.2) is 5.13 Å². The summed E-state index contributed by atoms with van der Waals surface area (Å²) in [6.07, 6.45) is 2.57. The Morgan fingerprint density at radius 3 is 2.94 bits per heavy atom. The van der Waals surface area contributed by atoms with Crippen molar-refractivity contribution >= 4 is 27.8 Å². The highest BCUT2D eigenvalue weighted by atomic mass is 32.1. The van der Waals surface area contributed by atoms with E-state index in [0.717, 1.165) is 11.7 Å². The minimum Gasteiger partial charge on any atom is -0.346 e. The van der Waals surface area contributed by atoms with Gasteiger partial charge in [-0.25, -0.2) is 4.98 Å². The molecule has 5 heteroatoms. The van der Waals surface area contributed by atoms with E-state index in [9.17, 15) is 0 Å². The van der Waals surface area contributed by atoms with Crippen LogP contribution in [0.3, 0.4) is 0 Å². The van der Waals surface area contributed by atoms with Crippen molar-refractivity contribution in [2.45, 2.75) is 31.8 Å². The van der Waals surface area contributed by atoms with Gasteiger partial charge >= 0.3 is 0 Å². The Morgan fingerprint density at radius 2 is 2.33 bits per heavy atom. The minimum atomic E-state index is 0.621. The maximum Gasteiger partial charge on any atom is 0.185 e. The average Bonchev–Trinajstić information content (AvgIpc) is 2.92. The highest BCUT2D eigenvalue weighted by Gasteiger charge is 2.29. The van der Waals surface area contributed by atoms with E-state index in [1.807, 2.05) is 0 Å². The molecule has 0 saturated heterocycles. The Bertz CT molecular complexity index is 514. The third-order valence-corrected chi connectivity index (χ3v) is 5.23. The molecule has 96 valence electrons. The van der Waals surface area contributed by atoms with E-state index in [4.69, 9.17) is 10.7 Å². The number of nitrogens with zero attached hydrogens (tertiary/aromatic N) is 2. The van der Waals surface area contributed by atoms with E-state index >= 15 is 0 Å². The Hall–Kier alpha value is -0.910. The predicted octanol–water partition coefficient (Wildman–Crippen LogP) is 3.18. The molecule has 1 fully saturated rings. The molecule has 1 saturated carbocycles. The second-order valence-electron chi connectivity index (χ2n) is 4.72. The van der Waals surface area contributed by atoms with E-state index in [1.165, 1.54) is 28.3 Å². The number of rotatable bonds is 5. The third kappa shape index (κ3) is 2.43. The first-order valence-corrected chi connectivity index (χ1v) is 7.90. The molecule has 0 aromatic carbocycles. The molecule has 1 aliphatic carbocycles. The summed E-state index contributed by atoms with van der Waals surface area (Å²) < 4.78 is 0. The largest absolute Gasteiger partial charge is 0.346 e. The van der Waals surface area contributed by atoms with Crippen LogP contribution in [0, 0.1) is 0 Å². The van der Waals surface area contributed by atoms with Gasteiger partial charge in [-0.05, 0) is 24.3 Å². The fourth-order valence-electron chi connectivity index (χ4n) is 2.04. The van der Waals surface area contributed by atoms with Crippen LogP contribution in [0.5, 0.6) is 0 Å². The molecule has 2 aromatic heterocycles. The average molecular weight is 279 g/mol. The van der Waals surface area contributed by atoms with E-state index < -0.39 is 0 Å². The summed E-state index contributed by atoms with van der Waals surface area (Å²) in [5.41, 5.74) is 7.08. The summed E-state index contributed by atoms with van der Waals surface area (Å²) in [4.78, 5) is 9.66. The van der Waals surface area contributed by atoms with Crippen LogP contribution < -0.4 is 10.6 Å². The van der Waals surface area contributed by atoms with Gasteiger partial charge in [0, 0.05) is 29.3 Å². The number of hydrogen-bond donors (Lipinski definition) is 1. The molecule has 0 atom stereocenters. The lowest BCUT2D eigenvalue weighted by Gasteiger charge is -2.14. The fraction of sp³-hybridized carbons (Fsp3) is 0.462. The van der Waals surface area contributed by atoms with Crippen LogP contribution in [-0.2, 0) is 13.1 Å².